The molecular formula is C11H15Cl2N5. The zero-order valence-corrected chi connectivity index (χ0v) is 11.7. The molecule has 5 nitrogen and oxygen atoms in total. The average molecular weight is 288 g/mol. The molecule has 0 unspecified atom stereocenters. The minimum atomic E-state index is -0.291. The molecule has 1 rings (SSSR count). The van der Waals surface area contributed by atoms with Gasteiger partial charge >= 0.3 is 0 Å². The van der Waals surface area contributed by atoms with Crippen LogP contribution in [0.1, 0.15) is 12.5 Å². The number of hydrogen-bond acceptors (Lipinski definition) is 2. The van der Waals surface area contributed by atoms with E-state index in [1.165, 1.54) is 0 Å². The van der Waals surface area contributed by atoms with Gasteiger partial charge in [-0.2, -0.15) is 0 Å². The van der Waals surface area contributed by atoms with E-state index in [4.69, 9.17) is 39.8 Å². The van der Waals surface area contributed by atoms with Crippen molar-refractivity contribution in [3.8, 4) is 0 Å². The summed E-state index contributed by atoms with van der Waals surface area (Å²) in [5, 5.41) is 18.4. The van der Waals surface area contributed by atoms with Gasteiger partial charge in [0.15, 0.2) is 5.96 Å². The van der Waals surface area contributed by atoms with Gasteiger partial charge in [-0.15, -0.1) is 0 Å². The van der Waals surface area contributed by atoms with Gasteiger partial charge in [0.2, 0.25) is 5.96 Å². The second-order valence-electron chi connectivity index (χ2n) is 3.68. The topological polar surface area (TPSA) is 89.0 Å². The van der Waals surface area contributed by atoms with Crippen LogP contribution in [0.25, 0.3) is 0 Å². The van der Waals surface area contributed by atoms with Gasteiger partial charge in [0, 0.05) is 11.6 Å². The summed E-state index contributed by atoms with van der Waals surface area (Å²) in [5.74, 6) is -0.293. The van der Waals surface area contributed by atoms with Crippen molar-refractivity contribution in [1.82, 2.24) is 5.32 Å². The van der Waals surface area contributed by atoms with Crippen molar-refractivity contribution in [1.29, 1.82) is 10.8 Å². The number of rotatable bonds is 2. The zero-order valence-electron chi connectivity index (χ0n) is 10.1. The Bertz CT molecular complexity index is 463. The fraction of sp³-hybridized carbons (Fsp3) is 0.273. The number of nitrogens with zero attached hydrogens (tertiary/aromatic N) is 1. The third kappa shape index (κ3) is 3.27. The Labute approximate surface area is 116 Å². The highest BCUT2D eigenvalue weighted by molar-refractivity contribution is 6.37. The second-order valence-corrected chi connectivity index (χ2v) is 4.53. The van der Waals surface area contributed by atoms with Gasteiger partial charge in [-0.3, -0.25) is 16.1 Å². The van der Waals surface area contributed by atoms with Gasteiger partial charge in [-0.1, -0.05) is 23.2 Å². The molecule has 0 aliphatic carbocycles. The van der Waals surface area contributed by atoms with Crippen LogP contribution in [0.2, 0.25) is 10.0 Å². The SMILES string of the molecule is CCN(C(=N)NC(=N)N)c1c(C)cc(Cl)cc1Cl. The number of halogens is 2. The number of hydrogen-bond donors (Lipinski definition) is 4. The number of nitrogens with one attached hydrogen (secondary N) is 3. The van der Waals surface area contributed by atoms with E-state index in [2.05, 4.69) is 5.32 Å². The van der Waals surface area contributed by atoms with Crippen molar-refractivity contribution in [2.24, 2.45) is 5.73 Å². The summed E-state index contributed by atoms with van der Waals surface area (Å²) >= 11 is 12.1. The lowest BCUT2D eigenvalue weighted by atomic mass is 10.2. The molecule has 0 aliphatic heterocycles. The summed E-state index contributed by atoms with van der Waals surface area (Å²) in [7, 11) is 0. The third-order valence-corrected chi connectivity index (χ3v) is 2.83. The highest BCUT2D eigenvalue weighted by Gasteiger charge is 2.17. The van der Waals surface area contributed by atoms with Crippen molar-refractivity contribution in [3.63, 3.8) is 0 Å². The van der Waals surface area contributed by atoms with Crippen molar-refractivity contribution in [2.45, 2.75) is 13.8 Å². The van der Waals surface area contributed by atoms with Crippen LogP contribution in [0.3, 0.4) is 0 Å². The molecule has 0 fully saturated rings. The van der Waals surface area contributed by atoms with E-state index in [9.17, 15) is 0 Å². The van der Waals surface area contributed by atoms with Crippen LogP contribution in [0.5, 0.6) is 0 Å². The standard InChI is InChI=1S/C11H15Cl2N5/c1-3-18(11(16)17-10(14)15)9-6(2)4-7(12)5-8(9)13/h4-5H,3H2,1-2H3,(H5,14,15,16,17). The Hall–Kier alpha value is -1.46. The van der Waals surface area contributed by atoms with Crippen molar-refractivity contribution >= 4 is 40.8 Å². The maximum Gasteiger partial charge on any atom is 0.202 e. The first-order valence-electron chi connectivity index (χ1n) is 5.29. The van der Waals surface area contributed by atoms with Crippen molar-refractivity contribution in [2.75, 3.05) is 11.4 Å². The van der Waals surface area contributed by atoms with E-state index in [1.54, 1.807) is 17.0 Å². The maximum atomic E-state index is 7.86. The third-order valence-electron chi connectivity index (χ3n) is 2.33. The van der Waals surface area contributed by atoms with Crippen LogP contribution in [0, 0.1) is 17.7 Å². The van der Waals surface area contributed by atoms with E-state index >= 15 is 0 Å². The first kappa shape index (κ1) is 14.6. The van der Waals surface area contributed by atoms with Gasteiger partial charge in [0.1, 0.15) is 0 Å². The van der Waals surface area contributed by atoms with E-state index in [-0.39, 0.29) is 11.9 Å². The Morgan fingerprint density at radius 1 is 1.39 bits per heavy atom. The van der Waals surface area contributed by atoms with Crippen LogP contribution in [0.15, 0.2) is 12.1 Å². The Morgan fingerprint density at radius 3 is 2.44 bits per heavy atom. The first-order chi connectivity index (χ1) is 8.36. The lowest BCUT2D eigenvalue weighted by Gasteiger charge is -2.26. The minimum Gasteiger partial charge on any atom is -0.370 e. The van der Waals surface area contributed by atoms with Crippen LogP contribution in [0.4, 0.5) is 5.69 Å². The molecule has 0 saturated carbocycles. The summed E-state index contributed by atoms with van der Waals surface area (Å²) in [6, 6.07) is 3.39. The number of guanidine groups is 2. The van der Waals surface area contributed by atoms with Gasteiger partial charge in [-0.05, 0) is 31.5 Å². The molecule has 0 spiro atoms. The van der Waals surface area contributed by atoms with E-state index < -0.39 is 0 Å². The summed E-state index contributed by atoms with van der Waals surface area (Å²) in [6.45, 7) is 4.25. The Balaban J connectivity index is 3.17. The molecule has 0 heterocycles. The fourth-order valence-corrected chi connectivity index (χ4v) is 2.36. The molecule has 0 atom stereocenters. The van der Waals surface area contributed by atoms with Crippen LogP contribution in [-0.2, 0) is 0 Å². The van der Waals surface area contributed by atoms with Crippen LogP contribution in [-0.4, -0.2) is 18.5 Å². The lowest BCUT2D eigenvalue weighted by molar-refractivity contribution is 0.994. The van der Waals surface area contributed by atoms with E-state index in [0.29, 0.717) is 22.3 Å². The number of anilines is 1. The highest BCUT2D eigenvalue weighted by Crippen LogP contribution is 2.32. The molecular weight excluding hydrogens is 273 g/mol. The average Bonchev–Trinajstić information content (AvgIpc) is 2.21. The van der Waals surface area contributed by atoms with Gasteiger partial charge in [0.25, 0.3) is 0 Å². The number of benzene rings is 1. The summed E-state index contributed by atoms with van der Waals surface area (Å²) in [5.41, 5.74) is 6.75. The monoisotopic (exact) mass is 287 g/mol. The van der Waals surface area contributed by atoms with Crippen LogP contribution < -0.4 is 16.0 Å². The largest absolute Gasteiger partial charge is 0.370 e. The predicted molar refractivity (Wildman–Crippen MR) is 77.0 cm³/mol. The smallest absolute Gasteiger partial charge is 0.202 e. The molecule has 0 radical (unpaired) electrons. The van der Waals surface area contributed by atoms with Crippen molar-refractivity contribution in [3.05, 3.63) is 27.7 Å². The van der Waals surface area contributed by atoms with Gasteiger partial charge in [-0.25, -0.2) is 0 Å². The molecule has 0 amide bonds. The molecule has 1 aromatic rings. The normalized spacial score (nSPS) is 10.0. The zero-order chi connectivity index (χ0) is 13.9. The predicted octanol–water partition coefficient (Wildman–Crippen LogP) is 2.55. The Morgan fingerprint density at radius 2 is 2.00 bits per heavy atom. The summed E-state index contributed by atoms with van der Waals surface area (Å²) in [6.07, 6.45) is 0. The first-order valence-corrected chi connectivity index (χ1v) is 6.05. The quantitative estimate of drug-likeness (QED) is 0.498. The van der Waals surface area contributed by atoms with Gasteiger partial charge in [0.05, 0.1) is 10.7 Å². The fourth-order valence-electron chi connectivity index (χ4n) is 1.66. The molecule has 1 aromatic carbocycles. The number of aryl methyl sites for hydroxylation is 1. The Kier molecular flexibility index (Phi) is 4.81. The van der Waals surface area contributed by atoms with E-state index in [0.717, 1.165) is 5.56 Å². The summed E-state index contributed by atoms with van der Waals surface area (Å²) in [4.78, 5) is 1.62. The molecule has 5 N–H and O–H groups in total. The van der Waals surface area contributed by atoms with Gasteiger partial charge < -0.3 is 10.6 Å². The number of nitrogens with two attached hydrogens (primary N) is 1. The van der Waals surface area contributed by atoms with Crippen LogP contribution >= 0.6 is 23.2 Å². The maximum absolute atomic E-state index is 7.86. The molecule has 7 heteroatoms. The van der Waals surface area contributed by atoms with E-state index in [1.807, 2.05) is 13.8 Å². The molecule has 18 heavy (non-hydrogen) atoms. The minimum absolute atomic E-state index is 0.00248. The second kappa shape index (κ2) is 5.93. The molecule has 0 aromatic heterocycles. The molecule has 98 valence electrons. The highest BCUT2D eigenvalue weighted by atomic mass is 35.5. The molecule has 0 saturated heterocycles. The summed E-state index contributed by atoms with van der Waals surface area (Å²) < 4.78 is 0. The molecule has 0 bridgehead atoms. The molecule has 0 aliphatic rings. The van der Waals surface area contributed by atoms with Crippen molar-refractivity contribution < 1.29 is 0 Å². The lowest BCUT2D eigenvalue weighted by Crippen LogP contribution is -2.46.